The molecule has 3 rings (SSSR count). The standard InChI is InChI=1S/C24H24O3/c1-2-3-7-16-27-21-13-10-19(11-14-21)23-17-20(24(25)26)12-15-22(23)18-8-5-4-6-9-18/h4-6,8-15,17H,2-3,7,16H2,1H3,(H,25,26). The van der Waals surface area contributed by atoms with Crippen molar-refractivity contribution in [1.82, 2.24) is 0 Å². The van der Waals surface area contributed by atoms with Gasteiger partial charge in [-0.3, -0.25) is 0 Å². The van der Waals surface area contributed by atoms with Gasteiger partial charge in [0.05, 0.1) is 12.2 Å². The van der Waals surface area contributed by atoms with E-state index in [2.05, 4.69) is 6.92 Å². The number of aromatic carboxylic acids is 1. The Hall–Kier alpha value is -3.07. The van der Waals surface area contributed by atoms with Crippen molar-refractivity contribution in [3.63, 3.8) is 0 Å². The van der Waals surface area contributed by atoms with Crippen LogP contribution in [0.3, 0.4) is 0 Å². The fourth-order valence-electron chi connectivity index (χ4n) is 3.06. The fourth-order valence-corrected chi connectivity index (χ4v) is 3.06. The van der Waals surface area contributed by atoms with Gasteiger partial charge in [0.2, 0.25) is 0 Å². The summed E-state index contributed by atoms with van der Waals surface area (Å²) >= 11 is 0. The summed E-state index contributed by atoms with van der Waals surface area (Å²) in [5, 5.41) is 9.38. The normalized spacial score (nSPS) is 10.6. The molecule has 0 radical (unpaired) electrons. The molecule has 0 aliphatic rings. The molecule has 0 aromatic heterocycles. The van der Waals surface area contributed by atoms with Crippen LogP contribution in [0.4, 0.5) is 0 Å². The van der Waals surface area contributed by atoms with Gasteiger partial charge >= 0.3 is 5.97 Å². The molecule has 0 saturated heterocycles. The number of ether oxygens (including phenoxy) is 1. The van der Waals surface area contributed by atoms with Gasteiger partial charge in [-0.25, -0.2) is 4.79 Å². The number of carboxylic acid groups (broad SMARTS) is 1. The number of hydrogen-bond acceptors (Lipinski definition) is 2. The largest absolute Gasteiger partial charge is 0.494 e. The summed E-state index contributed by atoms with van der Waals surface area (Å²) < 4.78 is 5.78. The second kappa shape index (κ2) is 9.04. The first kappa shape index (κ1) is 18.7. The zero-order valence-corrected chi connectivity index (χ0v) is 15.5. The molecule has 1 N–H and O–H groups in total. The lowest BCUT2D eigenvalue weighted by Gasteiger charge is -2.12. The maximum Gasteiger partial charge on any atom is 0.335 e. The third-order valence-electron chi connectivity index (χ3n) is 4.53. The predicted octanol–water partition coefficient (Wildman–Crippen LogP) is 6.29. The van der Waals surface area contributed by atoms with Crippen molar-refractivity contribution in [2.75, 3.05) is 6.61 Å². The van der Waals surface area contributed by atoms with Crippen molar-refractivity contribution in [2.24, 2.45) is 0 Å². The maximum atomic E-state index is 11.4. The molecule has 0 aliphatic carbocycles. The van der Waals surface area contributed by atoms with Crippen molar-refractivity contribution < 1.29 is 14.6 Å². The number of hydrogen-bond donors (Lipinski definition) is 1. The van der Waals surface area contributed by atoms with E-state index in [-0.39, 0.29) is 5.56 Å². The van der Waals surface area contributed by atoms with Crippen molar-refractivity contribution in [1.29, 1.82) is 0 Å². The van der Waals surface area contributed by atoms with E-state index in [1.807, 2.05) is 60.7 Å². The average Bonchev–Trinajstić information content (AvgIpc) is 2.72. The van der Waals surface area contributed by atoms with Crippen LogP contribution >= 0.6 is 0 Å². The second-order valence-electron chi connectivity index (χ2n) is 6.51. The van der Waals surface area contributed by atoms with Gasteiger partial charge in [0, 0.05) is 0 Å². The summed E-state index contributed by atoms with van der Waals surface area (Å²) in [6, 6.07) is 23.1. The molecule has 3 aromatic carbocycles. The van der Waals surface area contributed by atoms with Gasteiger partial charge < -0.3 is 9.84 Å². The van der Waals surface area contributed by atoms with Crippen LogP contribution in [-0.2, 0) is 0 Å². The minimum absolute atomic E-state index is 0.282. The molecule has 0 heterocycles. The van der Waals surface area contributed by atoms with E-state index in [4.69, 9.17) is 4.74 Å². The molecule has 3 nitrogen and oxygen atoms in total. The molecular weight excluding hydrogens is 336 g/mol. The third kappa shape index (κ3) is 4.76. The van der Waals surface area contributed by atoms with Crippen LogP contribution in [0.1, 0.15) is 36.5 Å². The highest BCUT2D eigenvalue weighted by Crippen LogP contribution is 2.34. The van der Waals surface area contributed by atoms with Crippen molar-refractivity contribution in [3.05, 3.63) is 78.4 Å². The summed E-state index contributed by atoms with van der Waals surface area (Å²) in [5.74, 6) is -0.0859. The molecular formula is C24H24O3. The predicted molar refractivity (Wildman–Crippen MR) is 109 cm³/mol. The summed E-state index contributed by atoms with van der Waals surface area (Å²) in [6.07, 6.45) is 3.39. The maximum absolute atomic E-state index is 11.4. The van der Waals surface area contributed by atoms with E-state index < -0.39 is 5.97 Å². The van der Waals surface area contributed by atoms with Crippen LogP contribution in [-0.4, -0.2) is 17.7 Å². The molecule has 0 saturated carbocycles. The number of carboxylic acids is 1. The van der Waals surface area contributed by atoms with Crippen LogP contribution in [0.25, 0.3) is 22.3 Å². The SMILES string of the molecule is CCCCCOc1ccc(-c2cc(C(=O)O)ccc2-c2ccccc2)cc1. The number of rotatable bonds is 8. The molecule has 0 spiro atoms. The van der Waals surface area contributed by atoms with Crippen LogP contribution in [0, 0.1) is 0 Å². The lowest BCUT2D eigenvalue weighted by molar-refractivity contribution is 0.0697. The minimum Gasteiger partial charge on any atom is -0.494 e. The number of benzene rings is 3. The van der Waals surface area contributed by atoms with Crippen molar-refractivity contribution in [2.45, 2.75) is 26.2 Å². The lowest BCUT2D eigenvalue weighted by atomic mass is 9.93. The van der Waals surface area contributed by atoms with Gasteiger partial charge in [0.15, 0.2) is 0 Å². The highest BCUT2D eigenvalue weighted by Gasteiger charge is 2.12. The number of carbonyl (C=O) groups is 1. The van der Waals surface area contributed by atoms with Crippen LogP contribution in [0.5, 0.6) is 5.75 Å². The van der Waals surface area contributed by atoms with Gasteiger partial charge in [-0.2, -0.15) is 0 Å². The van der Waals surface area contributed by atoms with Gasteiger partial charge in [0.1, 0.15) is 5.75 Å². The average molecular weight is 360 g/mol. The Balaban J connectivity index is 1.92. The summed E-state index contributed by atoms with van der Waals surface area (Å²) in [4.78, 5) is 11.4. The highest BCUT2D eigenvalue weighted by molar-refractivity contribution is 5.93. The van der Waals surface area contributed by atoms with Crippen molar-refractivity contribution >= 4 is 5.97 Å². The van der Waals surface area contributed by atoms with E-state index in [9.17, 15) is 9.90 Å². The summed E-state index contributed by atoms with van der Waals surface area (Å²) in [6.45, 7) is 2.89. The van der Waals surface area contributed by atoms with Crippen LogP contribution < -0.4 is 4.74 Å². The van der Waals surface area contributed by atoms with E-state index in [1.165, 1.54) is 12.8 Å². The lowest BCUT2D eigenvalue weighted by Crippen LogP contribution is -1.98. The molecule has 3 aromatic rings. The quantitative estimate of drug-likeness (QED) is 0.480. The minimum atomic E-state index is -0.924. The first-order chi connectivity index (χ1) is 13.2. The van der Waals surface area contributed by atoms with E-state index >= 15 is 0 Å². The van der Waals surface area contributed by atoms with E-state index in [0.717, 1.165) is 41.0 Å². The monoisotopic (exact) mass is 360 g/mol. The topological polar surface area (TPSA) is 46.5 Å². The second-order valence-corrected chi connectivity index (χ2v) is 6.51. The van der Waals surface area contributed by atoms with Crippen LogP contribution in [0.15, 0.2) is 72.8 Å². The molecule has 3 heteroatoms. The Morgan fingerprint density at radius 3 is 2.22 bits per heavy atom. The Labute approximate surface area is 160 Å². The molecule has 0 amide bonds. The smallest absolute Gasteiger partial charge is 0.335 e. The Kier molecular flexibility index (Phi) is 6.26. The van der Waals surface area contributed by atoms with Gasteiger partial charge in [0.25, 0.3) is 0 Å². The van der Waals surface area contributed by atoms with Crippen LogP contribution in [0.2, 0.25) is 0 Å². The van der Waals surface area contributed by atoms with E-state index in [0.29, 0.717) is 0 Å². The third-order valence-corrected chi connectivity index (χ3v) is 4.53. The molecule has 0 fully saturated rings. The Morgan fingerprint density at radius 2 is 1.56 bits per heavy atom. The van der Waals surface area contributed by atoms with Gasteiger partial charge in [-0.1, -0.05) is 68.3 Å². The fraction of sp³-hybridized carbons (Fsp3) is 0.208. The Bertz CT molecular complexity index is 883. The summed E-state index contributed by atoms with van der Waals surface area (Å²) in [7, 11) is 0. The zero-order chi connectivity index (χ0) is 19.1. The van der Waals surface area contributed by atoms with Gasteiger partial charge in [-0.15, -0.1) is 0 Å². The molecule has 0 atom stereocenters. The van der Waals surface area contributed by atoms with E-state index in [1.54, 1.807) is 12.1 Å². The zero-order valence-electron chi connectivity index (χ0n) is 15.5. The first-order valence-corrected chi connectivity index (χ1v) is 9.35. The molecule has 138 valence electrons. The molecule has 0 unspecified atom stereocenters. The molecule has 27 heavy (non-hydrogen) atoms. The first-order valence-electron chi connectivity index (χ1n) is 9.35. The van der Waals surface area contributed by atoms with Gasteiger partial charge in [-0.05, 0) is 52.9 Å². The van der Waals surface area contributed by atoms with Crippen molar-refractivity contribution in [3.8, 4) is 28.0 Å². The summed E-state index contributed by atoms with van der Waals surface area (Å²) in [5.41, 5.74) is 4.22. The molecule has 0 aliphatic heterocycles. The molecule has 0 bridgehead atoms. The highest BCUT2D eigenvalue weighted by atomic mass is 16.5. The Morgan fingerprint density at radius 1 is 0.852 bits per heavy atom. The number of unbranched alkanes of at least 4 members (excludes halogenated alkanes) is 2.